The van der Waals surface area contributed by atoms with E-state index in [1.165, 1.54) is 27.8 Å². The third-order valence-electron chi connectivity index (χ3n) is 6.21. The van der Waals surface area contributed by atoms with Crippen LogP contribution in [0.1, 0.15) is 23.6 Å². The van der Waals surface area contributed by atoms with Gasteiger partial charge < -0.3 is 15.4 Å². The molecule has 0 bridgehead atoms. The second-order valence-corrected chi connectivity index (χ2v) is 9.77. The van der Waals surface area contributed by atoms with Crippen molar-refractivity contribution >= 4 is 54.5 Å². The van der Waals surface area contributed by atoms with E-state index >= 15 is 0 Å². The van der Waals surface area contributed by atoms with Crippen molar-refractivity contribution in [2.75, 3.05) is 25.1 Å². The van der Waals surface area contributed by atoms with Gasteiger partial charge in [0.15, 0.2) is 11.6 Å². The van der Waals surface area contributed by atoms with E-state index in [-0.39, 0.29) is 16.7 Å². The topological polar surface area (TPSA) is 59.1 Å². The van der Waals surface area contributed by atoms with E-state index in [1.54, 1.807) is 23.6 Å². The van der Waals surface area contributed by atoms with Crippen molar-refractivity contribution in [2.45, 2.75) is 24.3 Å². The van der Waals surface area contributed by atoms with E-state index in [0.717, 1.165) is 36.2 Å². The minimum absolute atomic E-state index is 0.0116. The van der Waals surface area contributed by atoms with Crippen LogP contribution in [0.2, 0.25) is 0 Å². The highest BCUT2D eigenvalue weighted by molar-refractivity contribution is 7.18. The molecule has 5 heterocycles. The molecule has 1 aromatic carbocycles. The van der Waals surface area contributed by atoms with Gasteiger partial charge in [-0.05, 0) is 37.6 Å². The number of aromatic nitrogens is 2. The predicted octanol–water partition coefficient (Wildman–Crippen LogP) is 5.16. The number of rotatable bonds is 3. The summed E-state index contributed by atoms with van der Waals surface area (Å²) < 4.78 is 35.7. The molecule has 0 unspecified atom stereocenters. The summed E-state index contributed by atoms with van der Waals surface area (Å²) in [5.41, 5.74) is 2.14. The number of anilines is 2. The maximum Gasteiger partial charge on any atom is 0.176 e. The summed E-state index contributed by atoms with van der Waals surface area (Å²) in [5.74, 6) is -0.952. The monoisotopic (exact) mass is 444 g/mol. The maximum atomic E-state index is 14.9. The zero-order valence-corrected chi connectivity index (χ0v) is 17.5. The molecule has 0 radical (unpaired) electrons. The third-order valence-corrected chi connectivity index (χ3v) is 8.14. The molecule has 9 heteroatoms. The van der Waals surface area contributed by atoms with Crippen LogP contribution in [0.3, 0.4) is 0 Å². The molecule has 0 saturated carbocycles. The molecule has 154 valence electrons. The van der Waals surface area contributed by atoms with Gasteiger partial charge in [-0.15, -0.1) is 22.7 Å². The lowest BCUT2D eigenvalue weighted by Gasteiger charge is -2.28. The molecular weight excluding hydrogens is 426 g/mol. The summed E-state index contributed by atoms with van der Waals surface area (Å²) in [6.45, 7) is 2.45. The first-order valence-electron chi connectivity index (χ1n) is 9.84. The fraction of sp³-hybridized carbons (Fsp3) is 0.333. The van der Waals surface area contributed by atoms with Crippen LogP contribution in [0, 0.1) is 11.6 Å². The summed E-state index contributed by atoms with van der Waals surface area (Å²) in [4.78, 5) is 10.6. The number of ether oxygens (including phenoxy) is 1. The molecule has 0 amide bonds. The van der Waals surface area contributed by atoms with E-state index in [2.05, 4.69) is 26.7 Å². The fourth-order valence-corrected chi connectivity index (χ4v) is 6.67. The smallest absolute Gasteiger partial charge is 0.176 e. The van der Waals surface area contributed by atoms with Crippen molar-refractivity contribution in [1.29, 1.82) is 0 Å². The van der Waals surface area contributed by atoms with E-state index in [9.17, 15) is 8.78 Å². The van der Waals surface area contributed by atoms with Gasteiger partial charge in [-0.3, -0.25) is 0 Å². The Morgan fingerprint density at radius 1 is 1.27 bits per heavy atom. The SMILES string of the molecule is Fc1cc2scnc2c(F)c1Nc1ccnc2sc([C@@H]3CCN[C@@]34CCOC4)cc12. The molecule has 6 rings (SSSR count). The normalized spacial score (nSPS) is 23.9. The molecule has 0 aliphatic carbocycles. The zero-order chi connectivity index (χ0) is 20.3. The molecule has 2 aliphatic rings. The van der Waals surface area contributed by atoms with E-state index in [1.807, 2.05) is 0 Å². The average Bonchev–Trinajstić information content (AvgIpc) is 3.52. The van der Waals surface area contributed by atoms with Gasteiger partial charge in [0, 0.05) is 29.0 Å². The number of hydrogen-bond donors (Lipinski definition) is 2. The van der Waals surface area contributed by atoms with Crippen LogP contribution in [0.25, 0.3) is 20.4 Å². The largest absolute Gasteiger partial charge is 0.379 e. The third kappa shape index (κ3) is 2.76. The molecule has 2 fully saturated rings. The minimum atomic E-state index is -0.672. The van der Waals surface area contributed by atoms with Crippen molar-refractivity contribution in [1.82, 2.24) is 15.3 Å². The van der Waals surface area contributed by atoms with Crippen LogP contribution in [-0.4, -0.2) is 35.3 Å². The number of thiophene rings is 1. The van der Waals surface area contributed by atoms with Gasteiger partial charge in [-0.25, -0.2) is 18.7 Å². The quantitative estimate of drug-likeness (QED) is 0.457. The number of thiazole rings is 1. The number of nitrogens with zero attached hydrogens (tertiary/aromatic N) is 2. The Balaban J connectivity index is 1.41. The molecule has 5 nitrogen and oxygen atoms in total. The molecule has 3 aromatic heterocycles. The molecule has 1 spiro atoms. The van der Waals surface area contributed by atoms with Gasteiger partial charge in [0.25, 0.3) is 0 Å². The molecule has 4 aromatic rings. The van der Waals surface area contributed by atoms with Gasteiger partial charge in [0.05, 0.1) is 28.0 Å². The maximum absolute atomic E-state index is 14.9. The Kier molecular flexibility index (Phi) is 4.28. The zero-order valence-electron chi connectivity index (χ0n) is 15.9. The van der Waals surface area contributed by atoms with Gasteiger partial charge >= 0.3 is 0 Å². The number of pyridine rings is 1. The summed E-state index contributed by atoms with van der Waals surface area (Å²) in [5, 5.41) is 7.49. The van der Waals surface area contributed by atoms with Crippen LogP contribution in [0.5, 0.6) is 0 Å². The molecule has 2 atom stereocenters. The molecule has 2 N–H and O–H groups in total. The average molecular weight is 445 g/mol. The van der Waals surface area contributed by atoms with E-state index in [4.69, 9.17) is 4.74 Å². The number of benzene rings is 1. The number of halogens is 2. The summed E-state index contributed by atoms with van der Waals surface area (Å²) >= 11 is 2.86. The van der Waals surface area contributed by atoms with Crippen molar-refractivity contribution < 1.29 is 13.5 Å². The van der Waals surface area contributed by atoms with Gasteiger partial charge in [0.1, 0.15) is 16.0 Å². The Bertz CT molecular complexity index is 1260. The van der Waals surface area contributed by atoms with Crippen LogP contribution in [0.15, 0.2) is 29.9 Å². The summed E-state index contributed by atoms with van der Waals surface area (Å²) in [6.07, 6.45) is 3.71. The summed E-state index contributed by atoms with van der Waals surface area (Å²) in [6, 6.07) is 5.19. The van der Waals surface area contributed by atoms with Crippen LogP contribution in [0.4, 0.5) is 20.2 Å². The van der Waals surface area contributed by atoms with Crippen molar-refractivity contribution in [3.8, 4) is 0 Å². The second kappa shape index (κ2) is 6.91. The first-order valence-corrected chi connectivity index (χ1v) is 11.5. The van der Waals surface area contributed by atoms with Crippen molar-refractivity contribution in [2.24, 2.45) is 0 Å². The molecule has 30 heavy (non-hydrogen) atoms. The number of hydrogen-bond acceptors (Lipinski definition) is 7. The second-order valence-electron chi connectivity index (χ2n) is 7.82. The lowest BCUT2D eigenvalue weighted by molar-refractivity contribution is 0.168. The molecule has 2 aliphatic heterocycles. The lowest BCUT2D eigenvalue weighted by atomic mass is 9.83. The predicted molar refractivity (Wildman–Crippen MR) is 116 cm³/mol. The van der Waals surface area contributed by atoms with Gasteiger partial charge in [0.2, 0.25) is 0 Å². The standard InChI is InChI=1S/C21H18F2N4OS2/c22-13-8-16-19(25-10-29-16)17(23)18(13)27-14-2-4-24-20-11(14)7-15(30-20)12-1-5-26-21(12)3-6-28-9-21/h2,4,7-8,10,12,26H,1,3,5-6,9H2,(H,24,27)/t12-,21+/m0/s1. The van der Waals surface area contributed by atoms with Gasteiger partial charge in [-0.2, -0.15) is 0 Å². The van der Waals surface area contributed by atoms with Crippen LogP contribution in [-0.2, 0) is 4.74 Å². The highest BCUT2D eigenvalue weighted by Crippen LogP contribution is 2.46. The van der Waals surface area contributed by atoms with Crippen LogP contribution < -0.4 is 10.6 Å². The highest BCUT2D eigenvalue weighted by atomic mass is 32.1. The number of nitrogens with one attached hydrogen (secondary N) is 2. The van der Waals surface area contributed by atoms with Crippen molar-refractivity contribution in [3.05, 3.63) is 46.4 Å². The minimum Gasteiger partial charge on any atom is -0.379 e. The van der Waals surface area contributed by atoms with Crippen LogP contribution >= 0.6 is 22.7 Å². The number of fused-ring (bicyclic) bond motifs is 2. The van der Waals surface area contributed by atoms with Crippen molar-refractivity contribution in [3.63, 3.8) is 0 Å². The van der Waals surface area contributed by atoms with E-state index < -0.39 is 11.6 Å². The molecule has 2 saturated heterocycles. The lowest BCUT2D eigenvalue weighted by Crippen LogP contribution is -2.44. The first kappa shape index (κ1) is 18.6. The summed E-state index contributed by atoms with van der Waals surface area (Å²) in [7, 11) is 0. The molecular formula is C21H18F2N4OS2. The Hall–Kier alpha value is -2.20. The van der Waals surface area contributed by atoms with Gasteiger partial charge in [-0.1, -0.05) is 0 Å². The highest BCUT2D eigenvalue weighted by Gasteiger charge is 2.46. The van der Waals surface area contributed by atoms with E-state index in [0.29, 0.717) is 22.9 Å². The Morgan fingerprint density at radius 3 is 3.07 bits per heavy atom. The first-order chi connectivity index (χ1) is 14.6. The Morgan fingerprint density at radius 2 is 2.20 bits per heavy atom. The fourth-order valence-electron chi connectivity index (χ4n) is 4.70. The Labute approximate surface area is 179 Å².